The predicted molar refractivity (Wildman–Crippen MR) is 111 cm³/mol. The molecule has 2 aromatic rings. The number of likely N-dealkylation sites (tertiary alicyclic amines) is 1. The number of nitrogens with zero attached hydrogens (tertiary/aromatic N) is 2. The van der Waals surface area contributed by atoms with Gasteiger partial charge in [-0.3, -0.25) is 9.88 Å². The third-order valence-electron chi connectivity index (χ3n) is 6.17. The van der Waals surface area contributed by atoms with Gasteiger partial charge in [-0.1, -0.05) is 30.3 Å². The summed E-state index contributed by atoms with van der Waals surface area (Å²) in [7, 11) is 0. The number of piperidine rings is 1. The Balaban J connectivity index is 1.46. The Kier molecular flexibility index (Phi) is 5.36. The van der Waals surface area contributed by atoms with Gasteiger partial charge in [0.15, 0.2) is 0 Å². The van der Waals surface area contributed by atoms with Crippen LogP contribution in [0.3, 0.4) is 0 Å². The van der Waals surface area contributed by atoms with E-state index in [-0.39, 0.29) is 23.5 Å². The summed E-state index contributed by atoms with van der Waals surface area (Å²) in [4.78, 5) is 19.1. The van der Waals surface area contributed by atoms with Crippen molar-refractivity contribution in [1.29, 1.82) is 0 Å². The van der Waals surface area contributed by atoms with Crippen molar-refractivity contribution < 1.29 is 4.79 Å². The molecular formula is C23H30N4O. The van der Waals surface area contributed by atoms with Crippen LogP contribution < -0.4 is 10.6 Å². The molecule has 1 aliphatic heterocycles. The van der Waals surface area contributed by atoms with Crippen LogP contribution in [0, 0.1) is 0 Å². The molecule has 28 heavy (non-hydrogen) atoms. The van der Waals surface area contributed by atoms with Gasteiger partial charge in [0.1, 0.15) is 0 Å². The highest BCUT2D eigenvalue weighted by Crippen LogP contribution is 2.50. The third kappa shape index (κ3) is 3.90. The number of benzene rings is 1. The first kappa shape index (κ1) is 18.9. The molecule has 0 bridgehead atoms. The Morgan fingerprint density at radius 1 is 1.21 bits per heavy atom. The second-order valence-electron chi connectivity index (χ2n) is 8.53. The molecule has 4 rings (SSSR count). The third-order valence-corrected chi connectivity index (χ3v) is 6.17. The molecule has 1 unspecified atom stereocenters. The van der Waals surface area contributed by atoms with Gasteiger partial charge in [0.05, 0.1) is 6.04 Å². The van der Waals surface area contributed by atoms with Gasteiger partial charge in [-0.2, -0.15) is 0 Å². The minimum Gasteiger partial charge on any atom is -0.336 e. The summed E-state index contributed by atoms with van der Waals surface area (Å²) < 4.78 is 0. The second-order valence-corrected chi connectivity index (χ2v) is 8.53. The highest BCUT2D eigenvalue weighted by molar-refractivity contribution is 5.75. The summed E-state index contributed by atoms with van der Waals surface area (Å²) in [5, 5.41) is 6.18. The van der Waals surface area contributed by atoms with Gasteiger partial charge in [-0.25, -0.2) is 4.79 Å². The molecule has 1 aromatic carbocycles. The quantitative estimate of drug-likeness (QED) is 0.851. The van der Waals surface area contributed by atoms with Crippen LogP contribution in [-0.2, 0) is 12.0 Å². The predicted octanol–water partition coefficient (Wildman–Crippen LogP) is 3.77. The number of rotatable bonds is 4. The van der Waals surface area contributed by atoms with Gasteiger partial charge >= 0.3 is 6.03 Å². The number of hydrogen-bond donors (Lipinski definition) is 2. The molecule has 1 aliphatic carbocycles. The zero-order chi connectivity index (χ0) is 19.6. The van der Waals surface area contributed by atoms with Gasteiger partial charge in [0.25, 0.3) is 0 Å². The lowest BCUT2D eigenvalue weighted by atomic mass is 9.73. The largest absolute Gasteiger partial charge is 0.336 e. The summed E-state index contributed by atoms with van der Waals surface area (Å²) in [6.45, 7) is 7.09. The average molecular weight is 379 g/mol. The monoisotopic (exact) mass is 378 g/mol. The van der Waals surface area contributed by atoms with Gasteiger partial charge in [0, 0.05) is 30.4 Å². The first-order valence-corrected chi connectivity index (χ1v) is 10.3. The summed E-state index contributed by atoms with van der Waals surface area (Å²) in [6, 6.07) is 13.0. The number of urea groups is 1. The van der Waals surface area contributed by atoms with Gasteiger partial charge in [-0.15, -0.1) is 0 Å². The first-order chi connectivity index (χ1) is 13.6. The van der Waals surface area contributed by atoms with Crippen molar-refractivity contribution in [3.63, 3.8) is 0 Å². The molecule has 1 saturated heterocycles. The molecule has 2 aliphatic rings. The fourth-order valence-corrected chi connectivity index (χ4v) is 4.85. The van der Waals surface area contributed by atoms with Crippen molar-refractivity contribution >= 4 is 6.03 Å². The van der Waals surface area contributed by atoms with E-state index < -0.39 is 0 Å². The van der Waals surface area contributed by atoms with Crippen LogP contribution in [0.25, 0.3) is 0 Å². The van der Waals surface area contributed by atoms with E-state index in [9.17, 15) is 4.79 Å². The maximum absolute atomic E-state index is 12.3. The smallest absolute Gasteiger partial charge is 0.315 e. The Morgan fingerprint density at radius 2 is 2.00 bits per heavy atom. The number of carbonyl (C=O) groups is 1. The van der Waals surface area contributed by atoms with Crippen molar-refractivity contribution in [1.82, 2.24) is 20.5 Å². The number of aromatic nitrogens is 1. The number of fused-ring (bicyclic) bond motifs is 2. The summed E-state index contributed by atoms with van der Waals surface area (Å²) >= 11 is 0. The molecule has 5 nitrogen and oxygen atoms in total. The Morgan fingerprint density at radius 3 is 2.71 bits per heavy atom. The highest BCUT2D eigenvalue weighted by atomic mass is 16.2. The van der Waals surface area contributed by atoms with Gasteiger partial charge < -0.3 is 10.6 Å². The molecule has 2 amide bonds. The molecule has 2 N–H and O–H groups in total. The standard InChI is InChI=1S/C23H30N4O/c1-17(2)25-22(28)26-21-14-23(20-8-4-3-7-19(20)21)9-12-27(13-10-23)16-18-6-5-11-24-15-18/h3-8,11,15,17,21H,9-10,12-14,16H2,1-2H3,(H2,25,26,28). The number of hydrogen-bond acceptors (Lipinski definition) is 3. The molecule has 5 heteroatoms. The minimum absolute atomic E-state index is 0.0686. The van der Waals surface area contributed by atoms with E-state index in [1.807, 2.05) is 32.3 Å². The highest BCUT2D eigenvalue weighted by Gasteiger charge is 2.45. The molecule has 1 atom stereocenters. The van der Waals surface area contributed by atoms with E-state index in [0.29, 0.717) is 0 Å². The summed E-state index contributed by atoms with van der Waals surface area (Å²) in [6.07, 6.45) is 7.05. The SMILES string of the molecule is CC(C)NC(=O)NC1CC2(CCN(Cc3cccnc3)CC2)c2ccccc21. The van der Waals surface area contributed by atoms with Crippen molar-refractivity contribution in [3.8, 4) is 0 Å². The van der Waals surface area contributed by atoms with Crippen LogP contribution >= 0.6 is 0 Å². The van der Waals surface area contributed by atoms with Crippen LogP contribution in [0.4, 0.5) is 4.79 Å². The summed E-state index contributed by atoms with van der Waals surface area (Å²) in [5.41, 5.74) is 4.18. The fraction of sp³-hybridized carbons (Fsp3) is 0.478. The maximum atomic E-state index is 12.3. The van der Waals surface area contributed by atoms with E-state index >= 15 is 0 Å². The normalized spacial score (nSPS) is 20.9. The number of carbonyl (C=O) groups excluding carboxylic acids is 1. The number of nitrogens with one attached hydrogen (secondary N) is 2. The first-order valence-electron chi connectivity index (χ1n) is 10.3. The fourth-order valence-electron chi connectivity index (χ4n) is 4.85. The minimum atomic E-state index is -0.0686. The Hall–Kier alpha value is -2.40. The lowest BCUT2D eigenvalue weighted by Crippen LogP contribution is -2.43. The second kappa shape index (κ2) is 7.92. The van der Waals surface area contributed by atoms with Crippen LogP contribution in [-0.4, -0.2) is 35.0 Å². The Labute approximate surface area is 167 Å². The topological polar surface area (TPSA) is 57.3 Å². The molecule has 1 spiro atoms. The average Bonchev–Trinajstić information content (AvgIpc) is 2.97. The van der Waals surface area contributed by atoms with E-state index in [4.69, 9.17) is 0 Å². The van der Waals surface area contributed by atoms with E-state index in [2.05, 4.69) is 50.8 Å². The van der Waals surface area contributed by atoms with Crippen LogP contribution in [0.5, 0.6) is 0 Å². The molecule has 148 valence electrons. The lowest BCUT2D eigenvalue weighted by molar-refractivity contribution is 0.146. The zero-order valence-corrected chi connectivity index (χ0v) is 16.8. The molecule has 1 aromatic heterocycles. The van der Waals surface area contributed by atoms with Crippen molar-refractivity contribution in [2.24, 2.45) is 0 Å². The molecule has 2 heterocycles. The summed E-state index contributed by atoms with van der Waals surface area (Å²) in [5.74, 6) is 0. The zero-order valence-electron chi connectivity index (χ0n) is 16.8. The van der Waals surface area contributed by atoms with E-state index in [1.165, 1.54) is 16.7 Å². The van der Waals surface area contributed by atoms with Crippen LogP contribution in [0.1, 0.15) is 55.8 Å². The van der Waals surface area contributed by atoms with E-state index in [1.54, 1.807) is 0 Å². The van der Waals surface area contributed by atoms with Crippen LogP contribution in [0.15, 0.2) is 48.8 Å². The Bertz CT molecular complexity index is 812. The van der Waals surface area contributed by atoms with Crippen LogP contribution in [0.2, 0.25) is 0 Å². The molecule has 0 radical (unpaired) electrons. The molecular weight excluding hydrogens is 348 g/mol. The lowest BCUT2D eigenvalue weighted by Gasteiger charge is -2.40. The number of pyridine rings is 1. The molecule has 0 saturated carbocycles. The van der Waals surface area contributed by atoms with Crippen molar-refractivity contribution in [2.75, 3.05) is 13.1 Å². The van der Waals surface area contributed by atoms with E-state index in [0.717, 1.165) is 38.9 Å². The van der Waals surface area contributed by atoms with Crippen molar-refractivity contribution in [2.45, 2.75) is 57.2 Å². The molecule has 1 fully saturated rings. The van der Waals surface area contributed by atoms with Crippen molar-refractivity contribution in [3.05, 3.63) is 65.5 Å². The number of amides is 2. The van der Waals surface area contributed by atoms with Gasteiger partial charge in [-0.05, 0) is 69.0 Å². The van der Waals surface area contributed by atoms with Gasteiger partial charge in [0.2, 0.25) is 0 Å². The maximum Gasteiger partial charge on any atom is 0.315 e.